The number of alkyl halides is 3. The Hall–Kier alpha value is -12.5. The average molecular weight is 1670 g/mol. The number of oxazole rings is 1. The summed E-state index contributed by atoms with van der Waals surface area (Å²) in [6.45, 7) is 40.9. The van der Waals surface area contributed by atoms with Crippen molar-refractivity contribution >= 4 is 22.7 Å². The summed E-state index contributed by atoms with van der Waals surface area (Å²) in [5.74, 6) is 7.41. The third-order valence-electron chi connectivity index (χ3n) is 19.5. The number of nitrogens with zero attached hydrogens (tertiary/aromatic N) is 18. The number of imidazole rings is 5. The van der Waals surface area contributed by atoms with Crippen LogP contribution in [0.15, 0.2) is 208 Å². The van der Waals surface area contributed by atoms with Crippen LogP contribution in [-0.4, -0.2) is 115 Å². The van der Waals surface area contributed by atoms with Gasteiger partial charge in [-0.05, 0) is 188 Å². The Kier molecular flexibility index (Phi) is 32.4. The van der Waals surface area contributed by atoms with Crippen molar-refractivity contribution in [2.24, 2.45) is 0 Å². The van der Waals surface area contributed by atoms with Crippen LogP contribution in [0.5, 0.6) is 23.0 Å². The molecule has 638 valence electrons. The number of rotatable bonds is 19. The molecular weight excluding hydrogens is 1560 g/mol. The molecule has 0 spiro atoms. The summed E-state index contributed by atoms with van der Waals surface area (Å²) in [4.78, 5) is 37.6. The van der Waals surface area contributed by atoms with Gasteiger partial charge in [0.05, 0.1) is 85.8 Å². The van der Waals surface area contributed by atoms with E-state index in [1.165, 1.54) is 51.2 Å². The number of halogens is 5. The van der Waals surface area contributed by atoms with Gasteiger partial charge in [-0.3, -0.25) is 9.13 Å². The number of hydrogen-bond donors (Lipinski definition) is 0. The van der Waals surface area contributed by atoms with Crippen LogP contribution in [0.25, 0.3) is 51.0 Å². The molecule has 0 N–H and O–H groups in total. The molecule has 9 heterocycles. The molecule has 0 saturated heterocycles. The van der Waals surface area contributed by atoms with Gasteiger partial charge in [0.2, 0.25) is 0 Å². The van der Waals surface area contributed by atoms with E-state index in [4.69, 9.17) is 30.2 Å². The topological polar surface area (TPSA) is 226 Å². The number of benzene rings is 6. The molecule has 0 fully saturated rings. The zero-order chi connectivity index (χ0) is 88.1. The molecule has 0 aliphatic rings. The lowest BCUT2D eigenvalue weighted by Gasteiger charge is -2.16. The third kappa shape index (κ3) is 24.8. The molecule has 0 bridgehead atoms. The molecule has 0 amide bonds. The van der Waals surface area contributed by atoms with Gasteiger partial charge in [-0.2, -0.15) is 10.2 Å². The molecule has 15 rings (SSSR count). The number of hydrogen-bond acceptors (Lipinski definition) is 16. The summed E-state index contributed by atoms with van der Waals surface area (Å²) >= 11 is 6.22. The van der Waals surface area contributed by atoms with Crippen LogP contribution in [-0.2, 0) is 6.42 Å². The highest BCUT2D eigenvalue weighted by molar-refractivity contribution is 6.30. The summed E-state index contributed by atoms with van der Waals surface area (Å²) in [6, 6.07) is 37.0. The minimum absolute atomic E-state index is 0.115. The second kappa shape index (κ2) is 42.4. The Balaban J connectivity index is 0.000000161. The second-order valence-electron chi connectivity index (χ2n) is 30.9. The van der Waals surface area contributed by atoms with Gasteiger partial charge in [0.1, 0.15) is 82.1 Å². The van der Waals surface area contributed by atoms with Gasteiger partial charge >= 0.3 is 6.36 Å². The van der Waals surface area contributed by atoms with Gasteiger partial charge in [-0.1, -0.05) is 158 Å². The van der Waals surface area contributed by atoms with Crippen molar-refractivity contribution < 1.29 is 40.9 Å². The predicted octanol–water partition coefficient (Wildman–Crippen LogP) is 23.1. The molecule has 121 heavy (non-hydrogen) atoms. The van der Waals surface area contributed by atoms with Crippen LogP contribution >= 0.6 is 11.6 Å². The highest BCUT2D eigenvalue weighted by Gasteiger charge is 2.33. The lowest BCUT2D eigenvalue weighted by atomic mass is 10.0. The maximum absolute atomic E-state index is 13.9. The highest BCUT2D eigenvalue weighted by atomic mass is 35.5. The van der Waals surface area contributed by atoms with E-state index < -0.39 is 6.36 Å². The minimum Gasteiger partial charge on any atom is -0.495 e. The first-order chi connectivity index (χ1) is 57.6. The van der Waals surface area contributed by atoms with E-state index in [0.29, 0.717) is 52.0 Å². The number of methoxy groups -OCH3 is 3. The summed E-state index contributed by atoms with van der Waals surface area (Å²) in [7, 11) is 5.04. The standard InChI is InChI=1S/C14H17ClN2O.C14H15F3N2O.C14H19N3O.C13H15FN2.C13H14N4O.C13H16N2O.C12H15N3/c1-9(2)11-5-6-12(13(7-11)18-4)17-8-16-10(3)14(17)15;1-9(2)11-4-5-12(19-7-10(3)18-8-19)13(6-11)20-14(15,16)17;1-5-14-15-9-17(16-14)12-7-6-11(10(2)3)8-13(12)18-4;1-9(2)11-4-5-13(12(14)6-11)16-7-10(3)15-8-16;1-8(2)10-4-5-11(13-12(10)15-7-18-13)17-6-14-9(3)16-17;1-10(2)11-4-5-12(13(8-11)16-3)15-7-6-14-9-15;1-9(2)11-4-5-12(13-6-11)15-7-10(3)14-8-15/h5-9H,1-4H3;4-9H,1-3H3;6-10H,5H2,1-4H3;4-9H,1-3H3;4-8H,1-3H3;4-10H,1-3H3;4-9H,1-3H3. The van der Waals surface area contributed by atoms with Crippen LogP contribution in [0.4, 0.5) is 17.6 Å². The van der Waals surface area contributed by atoms with Crippen LogP contribution in [0.2, 0.25) is 5.15 Å². The number of ether oxygens (including phenoxy) is 4. The van der Waals surface area contributed by atoms with E-state index in [-0.39, 0.29) is 17.5 Å². The number of aryl methyl sites for hydroxylation is 6. The lowest BCUT2D eigenvalue weighted by molar-refractivity contribution is -0.274. The maximum atomic E-state index is 13.9. The monoisotopic (exact) mass is 1670 g/mol. The van der Waals surface area contributed by atoms with Gasteiger partial charge < -0.3 is 37.1 Å². The number of pyridine rings is 1. The zero-order valence-corrected chi connectivity index (χ0v) is 74.0. The summed E-state index contributed by atoms with van der Waals surface area (Å²) in [5.41, 5.74) is 17.7. The van der Waals surface area contributed by atoms with Crippen molar-refractivity contribution in [1.82, 2.24) is 87.3 Å². The van der Waals surface area contributed by atoms with Crippen molar-refractivity contribution in [3.05, 3.63) is 287 Å². The van der Waals surface area contributed by atoms with Crippen molar-refractivity contribution in [2.45, 2.75) is 193 Å². The molecule has 0 radical (unpaired) electrons. The molecule has 9 aromatic heterocycles. The van der Waals surface area contributed by atoms with Gasteiger partial charge in [-0.15, -0.1) is 13.2 Å². The van der Waals surface area contributed by atoms with E-state index in [1.807, 2.05) is 123 Å². The minimum atomic E-state index is -4.72. The molecule has 0 unspecified atom stereocenters. The Bertz CT molecular complexity index is 5770. The molecule has 15 aromatic rings. The maximum Gasteiger partial charge on any atom is 0.573 e. The normalized spacial score (nSPS) is 11.2. The molecule has 23 nitrogen and oxygen atoms in total. The first kappa shape index (κ1) is 92.4. The smallest absolute Gasteiger partial charge is 0.495 e. The fraction of sp³-hybridized carbons (Fsp3) is 0.344. The summed E-state index contributed by atoms with van der Waals surface area (Å²) < 4.78 is 89.8. The second-order valence-corrected chi connectivity index (χ2v) is 31.3. The Labute approximate surface area is 711 Å². The van der Waals surface area contributed by atoms with E-state index in [1.54, 1.807) is 117 Å². The van der Waals surface area contributed by atoms with Crippen molar-refractivity contribution in [3.63, 3.8) is 0 Å². The molecule has 0 saturated carbocycles. The first-order valence-electron chi connectivity index (χ1n) is 40.1. The average Bonchev–Trinajstić information content (AvgIpc) is 1.64. The van der Waals surface area contributed by atoms with Gasteiger partial charge in [0, 0.05) is 43.6 Å². The largest absolute Gasteiger partial charge is 0.573 e. The van der Waals surface area contributed by atoms with Gasteiger partial charge in [0.15, 0.2) is 23.6 Å². The van der Waals surface area contributed by atoms with Crippen LogP contribution in [0.1, 0.15) is 219 Å². The molecule has 0 atom stereocenters. The van der Waals surface area contributed by atoms with Crippen LogP contribution < -0.4 is 18.9 Å². The molecular formula is C93H111ClF4N18O5. The summed E-state index contributed by atoms with van der Waals surface area (Å²) in [5, 5.41) is 9.33. The van der Waals surface area contributed by atoms with Crippen molar-refractivity contribution in [2.75, 3.05) is 21.3 Å². The fourth-order valence-corrected chi connectivity index (χ4v) is 12.5. The first-order valence-corrected chi connectivity index (χ1v) is 40.5. The van der Waals surface area contributed by atoms with Crippen LogP contribution in [0.3, 0.4) is 0 Å². The summed E-state index contributed by atoms with van der Waals surface area (Å²) in [6.07, 6.45) is 20.4. The Morgan fingerprint density at radius 3 is 1.31 bits per heavy atom. The van der Waals surface area contributed by atoms with Gasteiger partial charge in [-0.25, -0.2) is 58.6 Å². The molecule has 0 aliphatic heterocycles. The number of fused-ring (bicyclic) bond motifs is 1. The Morgan fingerprint density at radius 2 is 0.884 bits per heavy atom. The molecule has 6 aromatic carbocycles. The quantitative estimate of drug-likeness (QED) is 0.0686. The Morgan fingerprint density at radius 1 is 0.430 bits per heavy atom. The number of aromatic nitrogens is 18. The van der Waals surface area contributed by atoms with E-state index in [0.717, 1.165) is 109 Å². The van der Waals surface area contributed by atoms with E-state index in [2.05, 4.69) is 191 Å². The fourth-order valence-electron chi connectivity index (χ4n) is 12.3. The van der Waals surface area contributed by atoms with E-state index >= 15 is 0 Å². The van der Waals surface area contributed by atoms with Crippen LogP contribution in [0, 0.1) is 40.4 Å². The lowest BCUT2D eigenvalue weighted by Crippen LogP contribution is -2.18. The van der Waals surface area contributed by atoms with E-state index in [9.17, 15) is 17.6 Å². The SMILES string of the molecule is CCc1ncn(-c2ccc(C(C)C)cc2OC)n1.COc1cc(C(C)C)ccc1-n1ccnc1.COc1cc(C(C)C)ccc1-n1cnc(C)c1Cl.Cc1cn(-c2ccc(C(C)C)cc2F)cn1.Cc1cn(-c2ccc(C(C)C)cc2OC(F)(F)F)cn1.Cc1cn(-c2ccc(C(C)C)cn2)cn1.Cc1ncn(-c2ccc(C(C)C)c3ncoc23)n1. The third-order valence-corrected chi connectivity index (χ3v) is 20.0. The molecule has 28 heteroatoms. The zero-order valence-electron chi connectivity index (χ0n) is 73.3. The van der Waals surface area contributed by atoms with Crippen molar-refractivity contribution in [1.29, 1.82) is 0 Å². The van der Waals surface area contributed by atoms with Crippen molar-refractivity contribution in [3.8, 4) is 62.9 Å². The van der Waals surface area contributed by atoms with Gasteiger partial charge in [0.25, 0.3) is 0 Å². The molecule has 0 aliphatic carbocycles. The predicted molar refractivity (Wildman–Crippen MR) is 469 cm³/mol. The highest BCUT2D eigenvalue weighted by Crippen LogP contribution is 2.36.